The number of sulfonamides is 1. The van der Waals surface area contributed by atoms with Gasteiger partial charge in [-0.05, 0) is 55.3 Å². The van der Waals surface area contributed by atoms with Gasteiger partial charge in [0.1, 0.15) is 5.69 Å². The van der Waals surface area contributed by atoms with Gasteiger partial charge in [-0.15, -0.1) is 0 Å². The van der Waals surface area contributed by atoms with E-state index < -0.39 is 20.9 Å². The first-order valence-corrected chi connectivity index (χ1v) is 13.3. The fraction of sp³-hybridized carbons (Fsp3) is 0.231. The highest BCUT2D eigenvalue weighted by Crippen LogP contribution is 2.27. The SMILES string of the molecule is O=C(Nc1ccccc1[N+](=O)[O-])c1cccc(S(=O)(=O)Nc2cccc(NC(=O)C3CCCCC3)c2)c1. The van der Waals surface area contributed by atoms with E-state index >= 15 is 0 Å². The average molecular weight is 523 g/mol. The number of amides is 2. The largest absolute Gasteiger partial charge is 0.326 e. The Labute approximate surface area is 214 Å². The zero-order valence-electron chi connectivity index (χ0n) is 19.8. The molecule has 0 atom stereocenters. The Balaban J connectivity index is 1.47. The van der Waals surface area contributed by atoms with Gasteiger partial charge in [-0.25, -0.2) is 8.42 Å². The van der Waals surface area contributed by atoms with Crippen LogP contribution in [0.2, 0.25) is 0 Å². The van der Waals surface area contributed by atoms with Gasteiger partial charge < -0.3 is 10.6 Å². The first-order valence-electron chi connectivity index (χ1n) is 11.8. The van der Waals surface area contributed by atoms with Gasteiger partial charge in [0, 0.05) is 23.2 Å². The number of carbonyl (C=O) groups is 2. The van der Waals surface area contributed by atoms with Gasteiger partial charge in [0.25, 0.3) is 21.6 Å². The van der Waals surface area contributed by atoms with Gasteiger partial charge in [0.05, 0.1) is 15.5 Å². The zero-order valence-corrected chi connectivity index (χ0v) is 20.7. The van der Waals surface area contributed by atoms with E-state index in [0.717, 1.165) is 32.1 Å². The number of anilines is 3. The molecule has 3 aromatic carbocycles. The second kappa shape index (κ2) is 11.2. The van der Waals surface area contributed by atoms with Crippen LogP contribution in [-0.4, -0.2) is 25.2 Å². The molecule has 0 heterocycles. The van der Waals surface area contributed by atoms with E-state index in [1.165, 1.54) is 48.5 Å². The number of para-hydroxylation sites is 2. The smallest absolute Gasteiger partial charge is 0.292 e. The molecule has 0 radical (unpaired) electrons. The van der Waals surface area contributed by atoms with E-state index in [0.29, 0.717) is 5.69 Å². The second-order valence-electron chi connectivity index (χ2n) is 8.77. The molecule has 1 aliphatic carbocycles. The average Bonchev–Trinajstić information content (AvgIpc) is 2.89. The monoisotopic (exact) mass is 522 g/mol. The molecule has 3 N–H and O–H groups in total. The topological polar surface area (TPSA) is 148 Å². The predicted octanol–water partition coefficient (Wildman–Crippen LogP) is 5.17. The van der Waals surface area contributed by atoms with Crippen LogP contribution in [0.1, 0.15) is 42.5 Å². The molecule has 0 bridgehead atoms. The number of nitrogens with zero attached hydrogens (tertiary/aromatic N) is 1. The normalized spacial score (nSPS) is 13.9. The molecule has 3 aromatic rings. The zero-order chi connectivity index (χ0) is 26.4. The quantitative estimate of drug-likeness (QED) is 0.275. The number of nitro groups is 1. The van der Waals surface area contributed by atoms with Crippen LogP contribution >= 0.6 is 0 Å². The Hall–Kier alpha value is -4.25. The third-order valence-corrected chi connectivity index (χ3v) is 7.49. The number of nitro benzene ring substituents is 1. The molecule has 0 aromatic heterocycles. The van der Waals surface area contributed by atoms with E-state index in [4.69, 9.17) is 0 Å². The molecule has 4 rings (SSSR count). The van der Waals surface area contributed by atoms with E-state index in [1.807, 2.05) is 0 Å². The van der Waals surface area contributed by atoms with Crippen molar-refractivity contribution in [1.29, 1.82) is 0 Å². The highest BCUT2D eigenvalue weighted by Gasteiger charge is 2.22. The minimum atomic E-state index is -4.08. The minimum absolute atomic E-state index is 0.00373. The lowest BCUT2D eigenvalue weighted by atomic mass is 9.88. The lowest BCUT2D eigenvalue weighted by molar-refractivity contribution is -0.383. The van der Waals surface area contributed by atoms with E-state index in [9.17, 15) is 28.1 Å². The van der Waals surface area contributed by atoms with E-state index in [-0.39, 0.29) is 39.3 Å². The van der Waals surface area contributed by atoms with Crippen LogP contribution < -0.4 is 15.4 Å². The van der Waals surface area contributed by atoms with Gasteiger partial charge in [-0.2, -0.15) is 0 Å². The van der Waals surface area contributed by atoms with Gasteiger partial charge in [-0.1, -0.05) is 43.5 Å². The second-order valence-corrected chi connectivity index (χ2v) is 10.4. The summed E-state index contributed by atoms with van der Waals surface area (Å²) >= 11 is 0. The van der Waals surface area contributed by atoms with Crippen molar-refractivity contribution < 1.29 is 22.9 Å². The van der Waals surface area contributed by atoms with Crippen LogP contribution in [0.25, 0.3) is 0 Å². The van der Waals surface area contributed by atoms with Gasteiger partial charge in [0.15, 0.2) is 0 Å². The van der Waals surface area contributed by atoms with Crippen molar-refractivity contribution in [3.63, 3.8) is 0 Å². The molecule has 0 saturated heterocycles. The number of carbonyl (C=O) groups excluding carboxylic acids is 2. The van der Waals surface area contributed by atoms with Crippen molar-refractivity contribution in [2.75, 3.05) is 15.4 Å². The van der Waals surface area contributed by atoms with Crippen molar-refractivity contribution in [2.45, 2.75) is 37.0 Å². The summed E-state index contributed by atoms with van der Waals surface area (Å²) in [5.41, 5.74) is 0.451. The van der Waals surface area contributed by atoms with Crippen LogP contribution in [0.15, 0.2) is 77.7 Å². The van der Waals surface area contributed by atoms with Crippen molar-refractivity contribution in [1.82, 2.24) is 0 Å². The fourth-order valence-electron chi connectivity index (χ4n) is 4.22. The third-order valence-electron chi connectivity index (χ3n) is 6.11. The van der Waals surface area contributed by atoms with Crippen molar-refractivity contribution in [3.8, 4) is 0 Å². The highest BCUT2D eigenvalue weighted by atomic mass is 32.2. The molecule has 10 nitrogen and oxygen atoms in total. The molecule has 192 valence electrons. The van der Waals surface area contributed by atoms with Crippen LogP contribution in [-0.2, 0) is 14.8 Å². The summed E-state index contributed by atoms with van der Waals surface area (Å²) in [5, 5.41) is 16.5. The van der Waals surface area contributed by atoms with Crippen molar-refractivity contribution in [3.05, 3.63) is 88.5 Å². The van der Waals surface area contributed by atoms with Gasteiger partial charge >= 0.3 is 0 Å². The molecule has 1 aliphatic rings. The first kappa shape index (κ1) is 25.8. The van der Waals surface area contributed by atoms with Crippen LogP contribution in [0.3, 0.4) is 0 Å². The Morgan fingerprint density at radius 2 is 1.54 bits per heavy atom. The minimum Gasteiger partial charge on any atom is -0.326 e. The van der Waals surface area contributed by atoms with Gasteiger partial charge in [0.2, 0.25) is 5.91 Å². The van der Waals surface area contributed by atoms with Crippen molar-refractivity contribution >= 4 is 44.6 Å². The number of rotatable bonds is 8. The van der Waals surface area contributed by atoms with Crippen LogP contribution in [0, 0.1) is 16.0 Å². The molecule has 2 amide bonds. The molecule has 1 fully saturated rings. The summed E-state index contributed by atoms with van der Waals surface area (Å²) in [5.74, 6) is -0.809. The summed E-state index contributed by atoms with van der Waals surface area (Å²) in [6.45, 7) is 0. The molecule has 37 heavy (non-hydrogen) atoms. The predicted molar refractivity (Wildman–Crippen MR) is 140 cm³/mol. The molecule has 0 spiro atoms. The van der Waals surface area contributed by atoms with Crippen LogP contribution in [0.4, 0.5) is 22.7 Å². The standard InChI is InChI=1S/C26H26N4O6S/c31-25(18-8-2-1-3-9-18)27-20-11-7-12-21(17-20)29-37(35,36)22-13-6-10-19(16-22)26(32)28-23-14-4-5-15-24(23)30(33)34/h4-7,10-18,29H,1-3,8-9H2,(H,27,31)(H,28,32). The Morgan fingerprint density at radius 1 is 0.838 bits per heavy atom. The summed E-state index contributed by atoms with van der Waals surface area (Å²) in [7, 11) is -4.08. The number of hydrogen-bond donors (Lipinski definition) is 3. The third kappa shape index (κ3) is 6.50. The molecule has 11 heteroatoms. The molecular formula is C26H26N4O6S. The first-order chi connectivity index (χ1) is 17.7. The van der Waals surface area contributed by atoms with Crippen LogP contribution in [0.5, 0.6) is 0 Å². The molecule has 0 aliphatic heterocycles. The maximum absolute atomic E-state index is 13.0. The number of nitrogens with one attached hydrogen (secondary N) is 3. The molecule has 1 saturated carbocycles. The lowest BCUT2D eigenvalue weighted by Crippen LogP contribution is -2.24. The Morgan fingerprint density at radius 3 is 2.30 bits per heavy atom. The Bertz CT molecular complexity index is 1430. The van der Waals surface area contributed by atoms with Crippen molar-refractivity contribution in [2.24, 2.45) is 5.92 Å². The fourth-order valence-corrected chi connectivity index (χ4v) is 5.32. The van der Waals surface area contributed by atoms with E-state index in [1.54, 1.807) is 24.3 Å². The molecular weight excluding hydrogens is 496 g/mol. The highest BCUT2D eigenvalue weighted by molar-refractivity contribution is 7.92. The summed E-state index contributed by atoms with van der Waals surface area (Å²) in [6, 6.07) is 17.4. The summed E-state index contributed by atoms with van der Waals surface area (Å²) in [6.07, 6.45) is 4.88. The number of hydrogen-bond acceptors (Lipinski definition) is 6. The summed E-state index contributed by atoms with van der Waals surface area (Å²) < 4.78 is 28.5. The lowest BCUT2D eigenvalue weighted by Gasteiger charge is -2.21. The summed E-state index contributed by atoms with van der Waals surface area (Å²) in [4.78, 5) is 35.7. The number of benzene rings is 3. The maximum atomic E-state index is 13.0. The van der Waals surface area contributed by atoms with E-state index in [2.05, 4.69) is 15.4 Å². The Kier molecular flexibility index (Phi) is 7.83. The maximum Gasteiger partial charge on any atom is 0.292 e. The molecule has 0 unspecified atom stereocenters. The van der Waals surface area contributed by atoms with Gasteiger partial charge in [-0.3, -0.25) is 24.4 Å².